The van der Waals surface area contributed by atoms with Gasteiger partial charge < -0.3 is 14.6 Å². The topological polar surface area (TPSA) is 89.4 Å². The van der Waals surface area contributed by atoms with Gasteiger partial charge in [0.05, 0.1) is 23.9 Å². The Morgan fingerprint density at radius 3 is 2.53 bits per heavy atom. The van der Waals surface area contributed by atoms with Gasteiger partial charge >= 0.3 is 0 Å². The number of hydrogen-bond donors (Lipinski definition) is 1. The second-order valence-corrected chi connectivity index (χ2v) is 16.2. The minimum Gasteiger partial charge on any atom is -0.415 e. The largest absolute Gasteiger partial charge is 0.415 e. The van der Waals surface area contributed by atoms with Crippen molar-refractivity contribution in [2.45, 2.75) is 65.3 Å². The Bertz CT molecular complexity index is 1240. The van der Waals surface area contributed by atoms with Gasteiger partial charge in [-0.2, -0.15) is 5.10 Å². The van der Waals surface area contributed by atoms with Crippen LogP contribution in [0.25, 0.3) is 10.9 Å². The molecule has 0 radical (unpaired) electrons. The average Bonchev–Trinajstić information content (AvgIpc) is 3.10. The van der Waals surface area contributed by atoms with Crippen LogP contribution in [-0.4, -0.2) is 59.0 Å². The number of para-hydroxylation sites is 1. The molecule has 194 valence electrons. The first-order valence-electron chi connectivity index (χ1n) is 12.1. The molecule has 1 N–H and O–H groups in total. The summed E-state index contributed by atoms with van der Waals surface area (Å²) in [5.74, 6) is -0.109. The average molecular weight is 575 g/mol. The van der Waals surface area contributed by atoms with E-state index in [9.17, 15) is 9.59 Å². The van der Waals surface area contributed by atoms with Crippen LogP contribution in [0.4, 0.5) is 5.82 Å². The summed E-state index contributed by atoms with van der Waals surface area (Å²) in [6, 6.07) is 12.8. The predicted molar refractivity (Wildman–Crippen MR) is 149 cm³/mol. The van der Waals surface area contributed by atoms with Gasteiger partial charge in [0.25, 0.3) is 0 Å². The molecule has 2 heterocycles. The Balaban J connectivity index is 1.81. The van der Waals surface area contributed by atoms with Crippen molar-refractivity contribution in [1.82, 2.24) is 19.7 Å². The third kappa shape index (κ3) is 6.80. The van der Waals surface area contributed by atoms with E-state index in [0.717, 1.165) is 16.6 Å². The van der Waals surface area contributed by atoms with E-state index in [0.29, 0.717) is 17.0 Å². The molecule has 0 saturated carbocycles. The highest BCUT2D eigenvalue weighted by molar-refractivity contribution is 9.10. The van der Waals surface area contributed by atoms with Gasteiger partial charge in [0.15, 0.2) is 8.32 Å². The van der Waals surface area contributed by atoms with Crippen LogP contribution in [0.1, 0.15) is 33.4 Å². The number of halogens is 1. The van der Waals surface area contributed by atoms with Gasteiger partial charge in [0.1, 0.15) is 23.5 Å². The molecule has 2 aromatic heterocycles. The van der Waals surface area contributed by atoms with Gasteiger partial charge in [0, 0.05) is 5.39 Å². The summed E-state index contributed by atoms with van der Waals surface area (Å²) in [7, 11) is -2.03. The maximum Gasteiger partial charge on any atom is 0.245 e. The fourth-order valence-electron chi connectivity index (χ4n) is 3.57. The second-order valence-electron chi connectivity index (χ2n) is 10.6. The van der Waals surface area contributed by atoms with Gasteiger partial charge in [0.2, 0.25) is 11.8 Å². The molecular formula is C26H36BrN5O3Si. The number of amides is 2. The zero-order valence-electron chi connectivity index (χ0n) is 22.1. The van der Waals surface area contributed by atoms with Gasteiger partial charge in [-0.15, -0.1) is 0 Å². The summed E-state index contributed by atoms with van der Waals surface area (Å²) in [4.78, 5) is 32.4. The first-order chi connectivity index (χ1) is 16.8. The van der Waals surface area contributed by atoms with E-state index in [-0.39, 0.29) is 36.0 Å². The molecule has 2 amide bonds. The van der Waals surface area contributed by atoms with Crippen LogP contribution in [0.2, 0.25) is 18.1 Å². The van der Waals surface area contributed by atoms with Crippen molar-refractivity contribution >= 4 is 52.8 Å². The monoisotopic (exact) mass is 573 g/mol. The predicted octanol–water partition coefficient (Wildman–Crippen LogP) is 5.38. The number of anilines is 1. The standard InChI is InChI=1S/C26H36BrN5O3Si/c1-18(17-35-36(6,7)26(3,4)5)31(15-24(33)29-23-14-10-13-22(27)28-23)25(34)16-32-21-12-9-8-11-20(21)19(2)30-32/h8-14,18H,15-17H2,1-7H3,(H,28,29,33)/t18-/m1/s1. The molecule has 36 heavy (non-hydrogen) atoms. The normalized spacial score (nSPS) is 13.0. The Labute approximate surface area is 222 Å². The first kappa shape index (κ1) is 28.0. The molecule has 0 unspecified atom stereocenters. The molecule has 1 atom stereocenters. The number of pyridine rings is 1. The third-order valence-electron chi connectivity index (χ3n) is 6.77. The van der Waals surface area contributed by atoms with Crippen molar-refractivity contribution in [3.63, 3.8) is 0 Å². The van der Waals surface area contributed by atoms with E-state index >= 15 is 0 Å². The molecule has 3 aromatic rings. The summed E-state index contributed by atoms with van der Waals surface area (Å²) in [6.07, 6.45) is 0. The van der Waals surface area contributed by atoms with Gasteiger partial charge in [-0.25, -0.2) is 4.98 Å². The zero-order valence-corrected chi connectivity index (χ0v) is 24.7. The number of aromatic nitrogens is 3. The molecule has 1 aromatic carbocycles. The molecule has 8 nitrogen and oxygen atoms in total. The van der Waals surface area contributed by atoms with Crippen LogP contribution in [0.3, 0.4) is 0 Å². The highest BCUT2D eigenvalue weighted by atomic mass is 79.9. The maximum atomic E-state index is 13.6. The molecule has 0 aliphatic carbocycles. The molecule has 0 aliphatic heterocycles. The summed E-state index contributed by atoms with van der Waals surface area (Å²) in [6.45, 7) is 15.0. The Morgan fingerprint density at radius 2 is 1.86 bits per heavy atom. The Hall–Kier alpha value is -2.56. The molecule has 10 heteroatoms. The van der Waals surface area contributed by atoms with E-state index in [1.54, 1.807) is 27.8 Å². The second kappa shape index (κ2) is 11.2. The number of aryl methyl sites for hydroxylation is 1. The summed E-state index contributed by atoms with van der Waals surface area (Å²) in [5, 5.41) is 8.41. The number of carbonyl (C=O) groups excluding carboxylic acids is 2. The van der Waals surface area contributed by atoms with Gasteiger partial charge in [-0.3, -0.25) is 14.3 Å². The molecule has 0 fully saturated rings. The first-order valence-corrected chi connectivity index (χ1v) is 15.8. The minimum absolute atomic E-state index is 0.0290. The highest BCUT2D eigenvalue weighted by Gasteiger charge is 2.38. The van der Waals surface area contributed by atoms with Crippen LogP contribution in [0.15, 0.2) is 47.1 Å². The summed E-state index contributed by atoms with van der Waals surface area (Å²) in [5.41, 5.74) is 1.74. The number of fused-ring (bicyclic) bond motifs is 1. The zero-order chi connectivity index (χ0) is 26.7. The Morgan fingerprint density at radius 1 is 1.17 bits per heavy atom. The molecule has 0 spiro atoms. The lowest BCUT2D eigenvalue weighted by molar-refractivity contribution is -0.138. The number of hydrogen-bond acceptors (Lipinski definition) is 5. The Kier molecular flexibility index (Phi) is 8.74. The van der Waals surface area contributed by atoms with Crippen molar-refractivity contribution < 1.29 is 14.0 Å². The fraction of sp³-hybridized carbons (Fsp3) is 0.462. The number of nitrogens with one attached hydrogen (secondary N) is 1. The van der Waals surface area contributed by atoms with Crippen molar-refractivity contribution in [3.8, 4) is 0 Å². The smallest absolute Gasteiger partial charge is 0.245 e. The minimum atomic E-state index is -2.03. The van der Waals surface area contributed by atoms with Crippen LogP contribution < -0.4 is 5.32 Å². The van der Waals surface area contributed by atoms with Crippen molar-refractivity contribution in [2.24, 2.45) is 0 Å². The van der Waals surface area contributed by atoms with Crippen molar-refractivity contribution in [2.75, 3.05) is 18.5 Å². The van der Waals surface area contributed by atoms with E-state index in [4.69, 9.17) is 4.43 Å². The molecule has 0 aliphatic rings. The third-order valence-corrected chi connectivity index (χ3v) is 11.7. The highest BCUT2D eigenvalue weighted by Crippen LogP contribution is 2.36. The number of nitrogens with zero attached hydrogens (tertiary/aromatic N) is 4. The van der Waals surface area contributed by atoms with E-state index < -0.39 is 8.32 Å². The molecular weight excluding hydrogens is 538 g/mol. The SMILES string of the molecule is Cc1nn(CC(=O)N(CC(=O)Nc2cccc(Br)n2)[C@H](C)CO[Si](C)(C)C(C)(C)C)c2ccccc12. The van der Waals surface area contributed by atoms with Gasteiger partial charge in [-0.05, 0) is 66.1 Å². The van der Waals surface area contributed by atoms with E-state index in [1.807, 2.05) is 38.1 Å². The van der Waals surface area contributed by atoms with Crippen LogP contribution in [-0.2, 0) is 20.6 Å². The fourth-order valence-corrected chi connectivity index (χ4v) is 5.01. The number of carbonyl (C=O) groups is 2. The number of benzene rings is 1. The van der Waals surface area contributed by atoms with E-state index in [2.05, 4.69) is 65.2 Å². The lowest BCUT2D eigenvalue weighted by Gasteiger charge is -2.38. The quantitative estimate of drug-likeness (QED) is 0.274. The maximum absolute atomic E-state index is 13.6. The van der Waals surface area contributed by atoms with Crippen molar-refractivity contribution in [1.29, 1.82) is 0 Å². The molecule has 0 saturated heterocycles. The van der Waals surface area contributed by atoms with Crippen LogP contribution >= 0.6 is 15.9 Å². The summed E-state index contributed by atoms with van der Waals surface area (Å²) >= 11 is 3.31. The van der Waals surface area contributed by atoms with Crippen molar-refractivity contribution in [3.05, 3.63) is 52.8 Å². The molecule has 3 rings (SSSR count). The van der Waals surface area contributed by atoms with Gasteiger partial charge in [-0.1, -0.05) is 45.0 Å². The lowest BCUT2D eigenvalue weighted by atomic mass is 10.2. The number of rotatable bonds is 9. The summed E-state index contributed by atoms with van der Waals surface area (Å²) < 4.78 is 8.72. The van der Waals surface area contributed by atoms with Crippen LogP contribution in [0, 0.1) is 6.92 Å². The molecule has 0 bridgehead atoms. The van der Waals surface area contributed by atoms with Crippen LogP contribution in [0.5, 0.6) is 0 Å². The van der Waals surface area contributed by atoms with E-state index in [1.165, 1.54) is 0 Å². The lowest BCUT2D eigenvalue weighted by Crippen LogP contribution is -2.50.